The lowest BCUT2D eigenvalue weighted by molar-refractivity contribution is -0.146. The van der Waals surface area contributed by atoms with Crippen molar-refractivity contribution >= 4 is 11.9 Å². The number of hydrogen-bond donors (Lipinski definition) is 1. The molecule has 1 heterocycles. The molecule has 1 fully saturated rings. The first-order valence-electron chi connectivity index (χ1n) is 9.30. The highest BCUT2D eigenvalue weighted by Gasteiger charge is 2.31. The van der Waals surface area contributed by atoms with Crippen molar-refractivity contribution in [1.29, 1.82) is 0 Å². The van der Waals surface area contributed by atoms with Gasteiger partial charge in [-0.15, -0.1) is 0 Å². The number of nitrogens with zero attached hydrogens (tertiary/aromatic N) is 1. The topological polar surface area (TPSA) is 58.6 Å². The molecule has 0 aromatic heterocycles. The normalized spacial score (nSPS) is 19.5. The predicted octanol–water partition coefficient (Wildman–Crippen LogP) is 2.54. The second-order valence-corrected chi connectivity index (χ2v) is 6.74. The summed E-state index contributed by atoms with van der Waals surface area (Å²) in [6.07, 6.45) is 3.47. The first-order valence-corrected chi connectivity index (χ1v) is 9.30. The van der Waals surface area contributed by atoms with Crippen LogP contribution in [0.25, 0.3) is 0 Å². The van der Waals surface area contributed by atoms with Crippen LogP contribution < -0.4 is 5.32 Å². The molecule has 1 aromatic carbocycles. The summed E-state index contributed by atoms with van der Waals surface area (Å²) in [7, 11) is 0. The number of hydrogen-bond acceptors (Lipinski definition) is 4. The molecule has 5 nitrogen and oxygen atoms in total. The first kappa shape index (κ1) is 19.4. The van der Waals surface area contributed by atoms with Gasteiger partial charge < -0.3 is 9.64 Å². The van der Waals surface area contributed by atoms with Crippen LogP contribution in [0.4, 0.5) is 0 Å². The van der Waals surface area contributed by atoms with Gasteiger partial charge in [0, 0.05) is 12.6 Å². The summed E-state index contributed by atoms with van der Waals surface area (Å²) in [4.78, 5) is 26.9. The van der Waals surface area contributed by atoms with Crippen LogP contribution >= 0.6 is 0 Å². The standard InChI is InChI=1S/C20H30N2O3/c1-4-25-20(24)18(13-12-17-10-6-5-7-11-17)21-16(3)19(23)22-14-8-9-15(22)2/h5-7,10-11,15-16,18,21H,4,8-9,12-14H2,1-3H3. The van der Waals surface area contributed by atoms with Crippen molar-refractivity contribution in [2.45, 2.75) is 64.6 Å². The SMILES string of the molecule is CCOC(=O)C(CCc1ccccc1)NC(C)C(=O)N1CCCC1C. The van der Waals surface area contributed by atoms with Crippen LogP contribution in [0.2, 0.25) is 0 Å². The van der Waals surface area contributed by atoms with Crippen molar-refractivity contribution in [2.75, 3.05) is 13.2 Å². The molecule has 0 spiro atoms. The second-order valence-electron chi connectivity index (χ2n) is 6.74. The highest BCUT2D eigenvalue weighted by Crippen LogP contribution is 2.17. The van der Waals surface area contributed by atoms with Crippen molar-refractivity contribution in [3.8, 4) is 0 Å². The highest BCUT2D eigenvalue weighted by atomic mass is 16.5. The number of carbonyl (C=O) groups excluding carboxylic acids is 2. The Labute approximate surface area is 150 Å². The first-order chi connectivity index (χ1) is 12.0. The molecule has 138 valence electrons. The van der Waals surface area contributed by atoms with E-state index in [1.54, 1.807) is 6.92 Å². The van der Waals surface area contributed by atoms with Gasteiger partial charge in [-0.25, -0.2) is 0 Å². The molecular weight excluding hydrogens is 316 g/mol. The lowest BCUT2D eigenvalue weighted by Crippen LogP contribution is -2.51. The minimum absolute atomic E-state index is 0.0685. The number of ether oxygens (including phenoxy) is 1. The Bertz CT molecular complexity index is 561. The lowest BCUT2D eigenvalue weighted by Gasteiger charge is -2.28. The van der Waals surface area contributed by atoms with E-state index in [0.717, 1.165) is 25.8 Å². The Morgan fingerprint density at radius 1 is 1.32 bits per heavy atom. The summed E-state index contributed by atoms with van der Waals surface area (Å²) in [5.41, 5.74) is 1.17. The number of esters is 1. The van der Waals surface area contributed by atoms with Gasteiger partial charge in [-0.1, -0.05) is 30.3 Å². The van der Waals surface area contributed by atoms with Crippen molar-refractivity contribution in [3.05, 3.63) is 35.9 Å². The van der Waals surface area contributed by atoms with E-state index in [1.807, 2.05) is 42.2 Å². The molecule has 1 N–H and O–H groups in total. The number of amides is 1. The molecule has 0 bridgehead atoms. The van der Waals surface area contributed by atoms with Crippen molar-refractivity contribution in [3.63, 3.8) is 0 Å². The maximum absolute atomic E-state index is 12.7. The van der Waals surface area contributed by atoms with Crippen LogP contribution in [0.15, 0.2) is 30.3 Å². The molecule has 0 aliphatic carbocycles. The molecule has 2 rings (SSSR count). The smallest absolute Gasteiger partial charge is 0.323 e. The monoisotopic (exact) mass is 346 g/mol. The molecular formula is C20H30N2O3. The van der Waals surface area contributed by atoms with Gasteiger partial charge in [0.1, 0.15) is 6.04 Å². The molecule has 0 saturated carbocycles. The zero-order valence-electron chi connectivity index (χ0n) is 15.5. The number of nitrogens with one attached hydrogen (secondary N) is 1. The van der Waals surface area contributed by atoms with Gasteiger partial charge in [-0.3, -0.25) is 14.9 Å². The third-order valence-electron chi connectivity index (χ3n) is 4.79. The summed E-state index contributed by atoms with van der Waals surface area (Å²) in [5.74, 6) is -0.216. The van der Waals surface area contributed by atoms with Crippen LogP contribution in [0.3, 0.4) is 0 Å². The van der Waals surface area contributed by atoms with Gasteiger partial charge in [0.25, 0.3) is 0 Å². The van der Waals surface area contributed by atoms with Gasteiger partial charge in [0.05, 0.1) is 12.6 Å². The van der Waals surface area contributed by atoms with E-state index in [0.29, 0.717) is 13.0 Å². The molecule has 1 amide bonds. The van der Waals surface area contributed by atoms with Crippen molar-refractivity contribution < 1.29 is 14.3 Å². The van der Waals surface area contributed by atoms with Gasteiger partial charge in [-0.2, -0.15) is 0 Å². The second kappa shape index (κ2) is 9.56. The molecule has 3 unspecified atom stereocenters. The van der Waals surface area contributed by atoms with Crippen LogP contribution in [0, 0.1) is 0 Å². The Kier molecular flexibility index (Phi) is 7.44. The average Bonchev–Trinajstić information content (AvgIpc) is 3.04. The van der Waals surface area contributed by atoms with E-state index in [9.17, 15) is 9.59 Å². The molecule has 1 saturated heterocycles. The molecule has 3 atom stereocenters. The van der Waals surface area contributed by atoms with E-state index in [-0.39, 0.29) is 17.9 Å². The molecule has 1 aliphatic heterocycles. The fourth-order valence-electron chi connectivity index (χ4n) is 3.35. The highest BCUT2D eigenvalue weighted by molar-refractivity contribution is 5.83. The zero-order valence-corrected chi connectivity index (χ0v) is 15.5. The lowest BCUT2D eigenvalue weighted by atomic mass is 10.0. The van der Waals surface area contributed by atoms with Gasteiger partial charge in [0.15, 0.2) is 0 Å². The molecule has 1 aliphatic rings. The minimum Gasteiger partial charge on any atom is -0.465 e. The Hall–Kier alpha value is -1.88. The summed E-state index contributed by atoms with van der Waals surface area (Å²) in [6.45, 7) is 6.86. The Morgan fingerprint density at radius 3 is 2.64 bits per heavy atom. The van der Waals surface area contributed by atoms with E-state index in [2.05, 4.69) is 12.2 Å². The van der Waals surface area contributed by atoms with Crippen molar-refractivity contribution in [1.82, 2.24) is 10.2 Å². The molecule has 5 heteroatoms. The predicted molar refractivity (Wildman–Crippen MR) is 98.2 cm³/mol. The number of benzene rings is 1. The zero-order chi connectivity index (χ0) is 18.2. The van der Waals surface area contributed by atoms with Gasteiger partial charge >= 0.3 is 5.97 Å². The largest absolute Gasteiger partial charge is 0.465 e. The van der Waals surface area contributed by atoms with Gasteiger partial charge in [0.2, 0.25) is 5.91 Å². The van der Waals surface area contributed by atoms with Crippen LogP contribution in [0.5, 0.6) is 0 Å². The quantitative estimate of drug-likeness (QED) is 0.735. The van der Waals surface area contributed by atoms with Crippen molar-refractivity contribution in [2.24, 2.45) is 0 Å². The Morgan fingerprint density at radius 2 is 2.04 bits per heavy atom. The minimum atomic E-state index is -0.475. The van der Waals surface area contributed by atoms with E-state index < -0.39 is 12.1 Å². The maximum Gasteiger partial charge on any atom is 0.323 e. The van der Waals surface area contributed by atoms with E-state index in [1.165, 1.54) is 5.56 Å². The fraction of sp³-hybridized carbons (Fsp3) is 0.600. The molecule has 0 radical (unpaired) electrons. The Balaban J connectivity index is 1.97. The average molecular weight is 346 g/mol. The third-order valence-corrected chi connectivity index (χ3v) is 4.79. The summed E-state index contributed by atoms with van der Waals surface area (Å²) in [5, 5.41) is 3.20. The third kappa shape index (κ3) is 5.56. The van der Waals surface area contributed by atoms with Gasteiger partial charge in [-0.05, 0) is 52.0 Å². The fourth-order valence-corrected chi connectivity index (χ4v) is 3.35. The molecule has 25 heavy (non-hydrogen) atoms. The van der Waals surface area contributed by atoms with Crippen LogP contribution in [-0.2, 0) is 20.7 Å². The van der Waals surface area contributed by atoms with Crippen LogP contribution in [-0.4, -0.2) is 48.1 Å². The number of rotatable bonds is 8. The summed E-state index contributed by atoms with van der Waals surface area (Å²) >= 11 is 0. The molecule has 1 aromatic rings. The number of likely N-dealkylation sites (tertiary alicyclic amines) is 1. The number of aryl methyl sites for hydroxylation is 1. The number of carbonyl (C=O) groups is 2. The summed E-state index contributed by atoms with van der Waals surface area (Å²) < 4.78 is 5.19. The van der Waals surface area contributed by atoms with Crippen LogP contribution in [0.1, 0.15) is 45.6 Å². The van der Waals surface area contributed by atoms with E-state index in [4.69, 9.17) is 4.74 Å². The maximum atomic E-state index is 12.7. The van der Waals surface area contributed by atoms with E-state index >= 15 is 0 Å². The summed E-state index contributed by atoms with van der Waals surface area (Å²) in [6, 6.07) is 9.45.